The van der Waals surface area contributed by atoms with Gasteiger partial charge in [0.1, 0.15) is 4.92 Å². The molecule has 0 saturated carbocycles. The smallest absolute Gasteiger partial charge is 0.395 e. The second-order valence-electron chi connectivity index (χ2n) is 4.05. The maximum absolute atomic E-state index is 12.4. The first-order valence-electron chi connectivity index (χ1n) is 5.75. The average molecular weight is 315 g/mol. The minimum Gasteiger partial charge on any atom is -0.395 e. The van der Waals surface area contributed by atoms with Gasteiger partial charge in [0.2, 0.25) is 5.76 Å². The lowest BCUT2D eigenvalue weighted by molar-refractivity contribution is -0.402. The molecule has 0 spiro atoms. The first-order valence-corrected chi connectivity index (χ1v) is 5.75. The van der Waals surface area contributed by atoms with Gasteiger partial charge >= 0.3 is 18.0 Å². The molecule has 116 valence electrons. The van der Waals surface area contributed by atoms with Crippen molar-refractivity contribution < 1.29 is 27.3 Å². The zero-order valence-corrected chi connectivity index (χ0v) is 10.7. The normalized spacial score (nSPS) is 11.0. The number of carbonyl (C=O) groups is 1. The van der Waals surface area contributed by atoms with Gasteiger partial charge in [-0.1, -0.05) is 0 Å². The number of carbonyl (C=O) groups excluding carboxylic acids is 1. The van der Waals surface area contributed by atoms with Crippen molar-refractivity contribution in [2.75, 3.05) is 5.43 Å². The first-order chi connectivity index (χ1) is 10.3. The van der Waals surface area contributed by atoms with Crippen LogP contribution in [-0.2, 0) is 6.18 Å². The molecule has 0 bridgehead atoms. The highest BCUT2D eigenvalue weighted by Gasteiger charge is 2.29. The Kier molecular flexibility index (Phi) is 4.02. The molecule has 22 heavy (non-hydrogen) atoms. The van der Waals surface area contributed by atoms with Crippen molar-refractivity contribution in [2.45, 2.75) is 6.18 Å². The van der Waals surface area contributed by atoms with Crippen molar-refractivity contribution in [3.8, 4) is 0 Å². The summed E-state index contributed by atoms with van der Waals surface area (Å²) < 4.78 is 41.8. The Balaban J connectivity index is 1.97. The molecule has 1 heterocycles. The molecule has 2 N–H and O–H groups in total. The van der Waals surface area contributed by atoms with E-state index in [9.17, 15) is 28.1 Å². The number of nitro groups is 1. The van der Waals surface area contributed by atoms with Crippen molar-refractivity contribution in [1.29, 1.82) is 0 Å². The molecule has 10 heteroatoms. The summed E-state index contributed by atoms with van der Waals surface area (Å²) in [5.41, 5.74) is 3.87. The maximum Gasteiger partial charge on any atom is 0.433 e. The zero-order chi connectivity index (χ0) is 16.3. The van der Waals surface area contributed by atoms with Gasteiger partial charge in [0.15, 0.2) is 0 Å². The van der Waals surface area contributed by atoms with E-state index >= 15 is 0 Å². The summed E-state index contributed by atoms with van der Waals surface area (Å²) >= 11 is 0. The summed E-state index contributed by atoms with van der Waals surface area (Å²) in [7, 11) is 0. The summed E-state index contributed by atoms with van der Waals surface area (Å²) in [6.45, 7) is 0. The van der Waals surface area contributed by atoms with E-state index in [0.29, 0.717) is 0 Å². The predicted molar refractivity (Wildman–Crippen MR) is 67.9 cm³/mol. The summed E-state index contributed by atoms with van der Waals surface area (Å²) in [6, 6.07) is 6.02. The van der Waals surface area contributed by atoms with Gasteiger partial charge in [-0.15, -0.1) is 0 Å². The Labute approximate surface area is 120 Å². The largest absolute Gasteiger partial charge is 0.433 e. The Morgan fingerprint density at radius 1 is 1.14 bits per heavy atom. The number of nitrogens with zero attached hydrogens (tertiary/aromatic N) is 1. The van der Waals surface area contributed by atoms with E-state index in [-0.39, 0.29) is 11.4 Å². The lowest BCUT2D eigenvalue weighted by Gasteiger charge is -2.09. The fraction of sp³-hybridized carbons (Fsp3) is 0.0833. The van der Waals surface area contributed by atoms with E-state index in [1.165, 1.54) is 0 Å². The highest BCUT2D eigenvalue weighted by atomic mass is 19.4. The van der Waals surface area contributed by atoms with E-state index in [2.05, 4.69) is 15.3 Å². The SMILES string of the molecule is O=C(NNc1ccc(C(F)(F)F)cc1)c1ccc([N+](=O)[O-])o1. The molecule has 2 aromatic rings. The van der Waals surface area contributed by atoms with E-state index in [0.717, 1.165) is 36.4 Å². The standard InChI is InChI=1S/C12H8F3N3O4/c13-12(14,15)7-1-3-8(4-2-7)16-17-11(19)9-5-6-10(22-9)18(20)21/h1-6,16H,(H,17,19). The number of benzene rings is 1. The van der Waals surface area contributed by atoms with Crippen LogP contribution >= 0.6 is 0 Å². The van der Waals surface area contributed by atoms with Crippen molar-refractivity contribution in [1.82, 2.24) is 5.43 Å². The zero-order valence-electron chi connectivity index (χ0n) is 10.7. The molecule has 0 radical (unpaired) electrons. The van der Waals surface area contributed by atoms with Crippen LogP contribution < -0.4 is 10.9 Å². The Morgan fingerprint density at radius 3 is 2.27 bits per heavy atom. The van der Waals surface area contributed by atoms with Crippen molar-refractivity contribution in [2.24, 2.45) is 0 Å². The van der Waals surface area contributed by atoms with Crippen LogP contribution in [0.1, 0.15) is 16.1 Å². The third-order valence-corrected chi connectivity index (χ3v) is 2.53. The molecule has 0 aliphatic carbocycles. The number of rotatable bonds is 4. The van der Waals surface area contributed by atoms with Crippen molar-refractivity contribution >= 4 is 17.5 Å². The van der Waals surface area contributed by atoms with Gasteiger partial charge in [-0.3, -0.25) is 25.8 Å². The topological polar surface area (TPSA) is 97.4 Å². The van der Waals surface area contributed by atoms with E-state index < -0.39 is 28.5 Å². The average Bonchev–Trinajstić information content (AvgIpc) is 2.94. The monoisotopic (exact) mass is 315 g/mol. The molecule has 2 rings (SSSR count). The summed E-state index contributed by atoms with van der Waals surface area (Å²) in [6.07, 6.45) is -4.45. The number of amides is 1. The van der Waals surface area contributed by atoms with Crippen LogP contribution in [0, 0.1) is 10.1 Å². The molecule has 1 aromatic carbocycles. The Bertz CT molecular complexity index is 694. The molecular formula is C12H8F3N3O4. The quantitative estimate of drug-likeness (QED) is 0.668. The number of furan rings is 1. The van der Waals surface area contributed by atoms with Crippen LogP contribution in [-0.4, -0.2) is 10.8 Å². The highest BCUT2D eigenvalue weighted by molar-refractivity contribution is 5.92. The lowest BCUT2D eigenvalue weighted by atomic mass is 10.2. The summed E-state index contributed by atoms with van der Waals surface area (Å²) in [5.74, 6) is -1.72. The predicted octanol–water partition coefficient (Wildman–Crippen LogP) is 2.96. The van der Waals surface area contributed by atoms with Crippen LogP contribution in [0.4, 0.5) is 24.7 Å². The van der Waals surface area contributed by atoms with Crippen LogP contribution in [0.2, 0.25) is 0 Å². The van der Waals surface area contributed by atoms with Crippen LogP contribution in [0.3, 0.4) is 0 Å². The number of alkyl halides is 3. The Morgan fingerprint density at radius 2 is 1.77 bits per heavy atom. The summed E-state index contributed by atoms with van der Waals surface area (Å²) in [4.78, 5) is 21.2. The lowest BCUT2D eigenvalue weighted by Crippen LogP contribution is -2.29. The second-order valence-corrected chi connectivity index (χ2v) is 4.05. The van der Waals surface area contributed by atoms with Gasteiger partial charge in [-0.05, 0) is 30.3 Å². The number of halogens is 3. The first kappa shape index (κ1) is 15.4. The number of hydrogen-bond acceptors (Lipinski definition) is 5. The number of anilines is 1. The molecule has 0 atom stereocenters. The van der Waals surface area contributed by atoms with Crippen LogP contribution in [0.5, 0.6) is 0 Å². The fourth-order valence-electron chi connectivity index (χ4n) is 1.48. The third kappa shape index (κ3) is 3.53. The van der Waals surface area contributed by atoms with Crippen LogP contribution in [0.15, 0.2) is 40.8 Å². The van der Waals surface area contributed by atoms with Crippen molar-refractivity contribution in [3.63, 3.8) is 0 Å². The van der Waals surface area contributed by atoms with Crippen LogP contribution in [0.25, 0.3) is 0 Å². The molecule has 0 aliphatic rings. The number of nitrogens with one attached hydrogen (secondary N) is 2. The van der Waals surface area contributed by atoms with Gasteiger partial charge in [-0.25, -0.2) is 0 Å². The van der Waals surface area contributed by atoms with E-state index in [1.54, 1.807) is 0 Å². The second kappa shape index (κ2) is 5.76. The van der Waals surface area contributed by atoms with Gasteiger partial charge in [0.25, 0.3) is 0 Å². The molecule has 1 amide bonds. The molecule has 0 aliphatic heterocycles. The number of hydrogen-bond donors (Lipinski definition) is 2. The van der Waals surface area contributed by atoms with Gasteiger partial charge < -0.3 is 4.42 Å². The maximum atomic E-state index is 12.4. The highest BCUT2D eigenvalue weighted by Crippen LogP contribution is 2.29. The van der Waals surface area contributed by atoms with E-state index in [1.807, 2.05) is 0 Å². The third-order valence-electron chi connectivity index (χ3n) is 2.53. The molecule has 1 aromatic heterocycles. The van der Waals surface area contributed by atoms with Gasteiger partial charge in [0.05, 0.1) is 17.3 Å². The van der Waals surface area contributed by atoms with Gasteiger partial charge in [-0.2, -0.15) is 13.2 Å². The minimum atomic E-state index is -4.45. The van der Waals surface area contributed by atoms with Gasteiger partial charge in [0, 0.05) is 0 Å². The molecule has 0 saturated heterocycles. The molecular weight excluding hydrogens is 307 g/mol. The van der Waals surface area contributed by atoms with E-state index in [4.69, 9.17) is 0 Å². The van der Waals surface area contributed by atoms with Crippen molar-refractivity contribution in [3.05, 3.63) is 57.8 Å². The molecule has 0 fully saturated rings. The summed E-state index contributed by atoms with van der Waals surface area (Å²) in [5, 5.41) is 10.4. The molecule has 0 unspecified atom stereocenters. The molecule has 7 nitrogen and oxygen atoms in total. The number of hydrazine groups is 1. The minimum absolute atomic E-state index is 0.197. The fourth-order valence-corrected chi connectivity index (χ4v) is 1.48. The Hall–Kier alpha value is -3.04.